The molecule has 1 heterocycles. The molecule has 5 rings (SSSR count). The second-order valence-electron chi connectivity index (χ2n) is 11.2. The molecule has 0 radical (unpaired) electrons. The Balaban J connectivity index is 1.35. The molecule has 190 valence electrons. The zero-order chi connectivity index (χ0) is 25.0. The molecule has 4 heteroatoms. The van der Waals surface area contributed by atoms with Crippen molar-refractivity contribution in [1.29, 1.82) is 0 Å². The second-order valence-corrected chi connectivity index (χ2v) is 11.2. The summed E-state index contributed by atoms with van der Waals surface area (Å²) in [6.45, 7) is 6.02. The standard InChI is InChI=1S/C32H40N2O2/c1-2-15-31(36)16-17-32(23-25-9-4-3-5-10-25)28(24-31)13-11-26-22-27(12-14-29(26)32)30(35)33-18-8-21-34-19-6-7-20-34/h3-5,9-10,12,14,22,28,36H,6-8,11,13,16-21,23-24H2,1H3,(H,33,35)/t28-,31-,32+/m1/s1. The minimum Gasteiger partial charge on any atom is -0.378 e. The first-order valence-electron chi connectivity index (χ1n) is 13.9. The van der Waals surface area contributed by atoms with Crippen molar-refractivity contribution in [1.82, 2.24) is 10.2 Å². The maximum atomic E-state index is 13.0. The van der Waals surface area contributed by atoms with Gasteiger partial charge in [-0.15, -0.1) is 5.92 Å². The lowest BCUT2D eigenvalue weighted by Crippen LogP contribution is -2.51. The summed E-state index contributed by atoms with van der Waals surface area (Å²) in [5, 5.41) is 14.3. The van der Waals surface area contributed by atoms with Crippen LogP contribution in [0.5, 0.6) is 0 Å². The molecule has 1 amide bonds. The van der Waals surface area contributed by atoms with E-state index in [-0.39, 0.29) is 11.3 Å². The molecule has 4 nitrogen and oxygen atoms in total. The van der Waals surface area contributed by atoms with Gasteiger partial charge in [-0.25, -0.2) is 0 Å². The molecule has 1 saturated carbocycles. The van der Waals surface area contributed by atoms with Gasteiger partial charge in [0.15, 0.2) is 0 Å². The van der Waals surface area contributed by atoms with E-state index < -0.39 is 5.60 Å². The molecule has 2 aromatic carbocycles. The Labute approximate surface area is 216 Å². The van der Waals surface area contributed by atoms with Crippen molar-refractivity contribution in [2.45, 2.75) is 75.7 Å². The first kappa shape index (κ1) is 25.1. The van der Waals surface area contributed by atoms with Crippen molar-refractivity contribution in [3.8, 4) is 11.8 Å². The number of likely N-dealkylation sites (tertiary alicyclic amines) is 1. The molecule has 1 saturated heterocycles. The van der Waals surface area contributed by atoms with Gasteiger partial charge in [0, 0.05) is 17.5 Å². The van der Waals surface area contributed by atoms with Crippen LogP contribution in [-0.2, 0) is 18.3 Å². The van der Waals surface area contributed by atoms with Crippen LogP contribution in [0.25, 0.3) is 0 Å². The monoisotopic (exact) mass is 484 g/mol. The van der Waals surface area contributed by atoms with Crippen LogP contribution in [0.1, 0.15) is 78.9 Å². The molecular weight excluding hydrogens is 444 g/mol. The van der Waals surface area contributed by atoms with Gasteiger partial charge in [0.25, 0.3) is 5.91 Å². The summed E-state index contributed by atoms with van der Waals surface area (Å²) < 4.78 is 0. The highest BCUT2D eigenvalue weighted by Crippen LogP contribution is 2.54. The third-order valence-electron chi connectivity index (χ3n) is 8.87. The summed E-state index contributed by atoms with van der Waals surface area (Å²) in [5.74, 6) is 6.49. The lowest BCUT2D eigenvalue weighted by Gasteiger charge is -2.52. The highest BCUT2D eigenvalue weighted by Gasteiger charge is 2.51. The highest BCUT2D eigenvalue weighted by atomic mass is 16.3. The van der Waals surface area contributed by atoms with Gasteiger partial charge in [0.05, 0.1) is 0 Å². The van der Waals surface area contributed by atoms with Gasteiger partial charge in [-0.3, -0.25) is 4.79 Å². The minimum atomic E-state index is -0.883. The zero-order valence-corrected chi connectivity index (χ0v) is 21.7. The Hall–Kier alpha value is -2.61. The molecule has 2 aromatic rings. The number of hydrogen-bond acceptors (Lipinski definition) is 3. The predicted octanol–water partition coefficient (Wildman–Crippen LogP) is 4.88. The Morgan fingerprint density at radius 2 is 1.94 bits per heavy atom. The number of nitrogens with one attached hydrogen (secondary N) is 1. The van der Waals surface area contributed by atoms with Gasteiger partial charge in [-0.05, 0) is 119 Å². The Kier molecular flexibility index (Phi) is 7.51. The number of aryl methyl sites for hydroxylation is 1. The van der Waals surface area contributed by atoms with Gasteiger partial charge >= 0.3 is 0 Å². The van der Waals surface area contributed by atoms with Crippen LogP contribution in [0.15, 0.2) is 48.5 Å². The van der Waals surface area contributed by atoms with Crippen LogP contribution < -0.4 is 5.32 Å². The number of nitrogens with zero attached hydrogens (tertiary/aromatic N) is 1. The molecule has 1 aliphatic heterocycles. The van der Waals surface area contributed by atoms with Crippen LogP contribution in [0.2, 0.25) is 0 Å². The van der Waals surface area contributed by atoms with Crippen molar-refractivity contribution >= 4 is 5.91 Å². The van der Waals surface area contributed by atoms with Crippen molar-refractivity contribution in [2.24, 2.45) is 5.92 Å². The summed E-state index contributed by atoms with van der Waals surface area (Å²) in [6, 6.07) is 17.1. The zero-order valence-electron chi connectivity index (χ0n) is 21.7. The predicted molar refractivity (Wildman–Crippen MR) is 145 cm³/mol. The molecule has 0 spiro atoms. The average molecular weight is 485 g/mol. The van der Waals surface area contributed by atoms with E-state index in [1.54, 1.807) is 0 Å². The first-order valence-corrected chi connectivity index (χ1v) is 13.9. The Morgan fingerprint density at radius 3 is 2.72 bits per heavy atom. The van der Waals surface area contributed by atoms with E-state index in [9.17, 15) is 9.90 Å². The maximum Gasteiger partial charge on any atom is 0.251 e. The normalized spacial score (nSPS) is 27.4. The molecule has 2 fully saturated rings. The molecule has 3 atom stereocenters. The molecule has 2 N–H and O–H groups in total. The van der Waals surface area contributed by atoms with E-state index in [1.165, 1.54) is 42.6 Å². The number of carbonyl (C=O) groups excluding carboxylic acids is 1. The van der Waals surface area contributed by atoms with Crippen LogP contribution >= 0.6 is 0 Å². The summed E-state index contributed by atoms with van der Waals surface area (Å²) in [6.07, 6.45) is 8.86. The maximum absolute atomic E-state index is 13.0. The van der Waals surface area contributed by atoms with Gasteiger partial charge in [-0.1, -0.05) is 42.3 Å². The fourth-order valence-corrected chi connectivity index (χ4v) is 7.08. The fourth-order valence-electron chi connectivity index (χ4n) is 7.08. The minimum absolute atomic E-state index is 0.0265. The van der Waals surface area contributed by atoms with Crippen molar-refractivity contribution in [2.75, 3.05) is 26.2 Å². The number of aliphatic hydroxyl groups is 1. The van der Waals surface area contributed by atoms with Gasteiger partial charge in [-0.2, -0.15) is 0 Å². The third-order valence-corrected chi connectivity index (χ3v) is 8.87. The lowest BCUT2D eigenvalue weighted by atomic mass is 9.52. The van der Waals surface area contributed by atoms with E-state index >= 15 is 0 Å². The number of hydrogen-bond donors (Lipinski definition) is 2. The van der Waals surface area contributed by atoms with Gasteiger partial charge in [0.1, 0.15) is 5.60 Å². The molecule has 0 aromatic heterocycles. The van der Waals surface area contributed by atoms with Crippen LogP contribution in [0, 0.1) is 17.8 Å². The highest BCUT2D eigenvalue weighted by molar-refractivity contribution is 5.94. The second kappa shape index (κ2) is 10.8. The lowest BCUT2D eigenvalue weighted by molar-refractivity contribution is -0.00801. The number of carbonyl (C=O) groups is 1. The third kappa shape index (κ3) is 5.24. The fraction of sp³-hybridized carbons (Fsp3) is 0.531. The summed E-state index contributed by atoms with van der Waals surface area (Å²) in [4.78, 5) is 15.5. The van der Waals surface area contributed by atoms with Crippen LogP contribution in [-0.4, -0.2) is 47.7 Å². The van der Waals surface area contributed by atoms with Gasteiger partial charge < -0.3 is 15.3 Å². The largest absolute Gasteiger partial charge is 0.378 e. The summed E-state index contributed by atoms with van der Waals surface area (Å²) >= 11 is 0. The molecule has 0 unspecified atom stereocenters. The Morgan fingerprint density at radius 1 is 1.14 bits per heavy atom. The van der Waals surface area contributed by atoms with Gasteiger partial charge in [0.2, 0.25) is 0 Å². The number of benzene rings is 2. The number of amides is 1. The van der Waals surface area contributed by atoms with E-state index in [4.69, 9.17) is 0 Å². The average Bonchev–Trinajstić information content (AvgIpc) is 3.41. The number of fused-ring (bicyclic) bond motifs is 3. The number of rotatable bonds is 7. The van der Waals surface area contributed by atoms with E-state index in [1.807, 2.05) is 13.0 Å². The first-order chi connectivity index (χ1) is 17.5. The van der Waals surface area contributed by atoms with Crippen LogP contribution in [0.4, 0.5) is 0 Å². The smallest absolute Gasteiger partial charge is 0.251 e. The van der Waals surface area contributed by atoms with Crippen molar-refractivity contribution < 1.29 is 9.90 Å². The summed E-state index contributed by atoms with van der Waals surface area (Å²) in [7, 11) is 0. The van der Waals surface area contributed by atoms with Crippen molar-refractivity contribution in [3.63, 3.8) is 0 Å². The topological polar surface area (TPSA) is 52.6 Å². The molecular formula is C32H40N2O2. The van der Waals surface area contributed by atoms with E-state index in [0.29, 0.717) is 12.3 Å². The Bertz CT molecular complexity index is 1130. The quantitative estimate of drug-likeness (QED) is 0.435. The molecule has 0 bridgehead atoms. The SMILES string of the molecule is CC#C[C@@]1(O)CC[C@@]2(Cc3ccccc3)c3ccc(C(=O)NCCCN4CCCC4)cc3CC[C@@H]2C1. The van der Waals surface area contributed by atoms with E-state index in [2.05, 4.69) is 64.5 Å². The van der Waals surface area contributed by atoms with Crippen molar-refractivity contribution in [3.05, 3.63) is 70.8 Å². The van der Waals surface area contributed by atoms with E-state index in [0.717, 1.165) is 57.2 Å². The molecule has 3 aliphatic rings. The molecule has 2 aliphatic carbocycles. The molecule has 36 heavy (non-hydrogen) atoms. The summed E-state index contributed by atoms with van der Waals surface area (Å²) in [5.41, 5.74) is 3.88. The van der Waals surface area contributed by atoms with Crippen LogP contribution in [0.3, 0.4) is 0 Å².